The largest absolute Gasteiger partial charge is 0.345 e. The molecular formula is C22H21N3O2S. The summed E-state index contributed by atoms with van der Waals surface area (Å²) >= 11 is 1.57. The highest BCUT2D eigenvalue weighted by Crippen LogP contribution is 2.30. The summed E-state index contributed by atoms with van der Waals surface area (Å²) in [5, 5.41) is 9.77. The predicted octanol–water partition coefficient (Wildman–Crippen LogP) is 5.37. The highest BCUT2D eigenvalue weighted by atomic mass is 32.1. The number of carbonyl (C=O) groups is 1. The van der Waals surface area contributed by atoms with Crippen molar-refractivity contribution in [1.29, 1.82) is 0 Å². The van der Waals surface area contributed by atoms with Gasteiger partial charge in [0.15, 0.2) is 0 Å². The van der Waals surface area contributed by atoms with Gasteiger partial charge in [0.1, 0.15) is 0 Å². The Bertz CT molecular complexity index is 1160. The van der Waals surface area contributed by atoms with E-state index in [2.05, 4.69) is 47.5 Å². The zero-order valence-corrected chi connectivity index (χ0v) is 17.1. The lowest BCUT2D eigenvalue weighted by Crippen LogP contribution is -2.27. The lowest BCUT2D eigenvalue weighted by Gasteiger charge is -2.17. The fraction of sp³-hybridized carbons (Fsp3) is 0.227. The van der Waals surface area contributed by atoms with Crippen molar-refractivity contribution in [2.24, 2.45) is 0 Å². The van der Waals surface area contributed by atoms with Crippen molar-refractivity contribution >= 4 is 28.3 Å². The minimum Gasteiger partial charge on any atom is -0.345 e. The topological polar surface area (TPSA) is 68.0 Å². The Morgan fingerprint density at radius 1 is 1.18 bits per heavy atom. The molecule has 0 aliphatic rings. The molecule has 5 nitrogen and oxygen atoms in total. The van der Waals surface area contributed by atoms with E-state index in [0.29, 0.717) is 28.1 Å². The van der Waals surface area contributed by atoms with Crippen LogP contribution in [0.5, 0.6) is 0 Å². The molecule has 3 aromatic heterocycles. The molecule has 1 amide bonds. The molecule has 0 bridgehead atoms. The monoisotopic (exact) mass is 391 g/mol. The van der Waals surface area contributed by atoms with Crippen LogP contribution < -0.4 is 5.32 Å². The molecule has 1 N–H and O–H groups in total. The fourth-order valence-electron chi connectivity index (χ4n) is 3.49. The lowest BCUT2D eigenvalue weighted by atomic mass is 9.99. The van der Waals surface area contributed by atoms with Gasteiger partial charge >= 0.3 is 0 Å². The molecule has 3 heterocycles. The molecule has 1 atom stereocenters. The van der Waals surface area contributed by atoms with E-state index in [0.717, 1.165) is 16.0 Å². The molecule has 0 aliphatic carbocycles. The summed E-state index contributed by atoms with van der Waals surface area (Å²) in [7, 11) is 0. The van der Waals surface area contributed by atoms with Gasteiger partial charge in [0.05, 0.1) is 33.3 Å². The van der Waals surface area contributed by atoms with Crippen LogP contribution >= 0.6 is 11.3 Å². The highest BCUT2D eigenvalue weighted by Gasteiger charge is 2.21. The number of fused-ring (bicyclic) bond motifs is 1. The first-order valence-corrected chi connectivity index (χ1v) is 10.0. The third kappa shape index (κ3) is 3.31. The quantitative estimate of drug-likeness (QED) is 0.508. The van der Waals surface area contributed by atoms with Crippen molar-refractivity contribution in [3.05, 3.63) is 69.7 Å². The number of benzene rings is 1. The van der Waals surface area contributed by atoms with Gasteiger partial charge < -0.3 is 9.84 Å². The van der Waals surface area contributed by atoms with E-state index in [1.54, 1.807) is 11.3 Å². The third-order valence-electron chi connectivity index (χ3n) is 4.87. The smallest absolute Gasteiger partial charge is 0.259 e. The molecule has 1 aromatic carbocycles. The molecule has 0 saturated carbocycles. The first-order chi connectivity index (χ1) is 13.4. The number of nitrogens with one attached hydrogen (secondary N) is 1. The first-order valence-electron chi connectivity index (χ1n) is 9.13. The molecule has 0 aliphatic heterocycles. The van der Waals surface area contributed by atoms with Crippen LogP contribution in [0.4, 0.5) is 0 Å². The Hall–Kier alpha value is -2.99. The van der Waals surface area contributed by atoms with Gasteiger partial charge in [-0.05, 0) is 56.3 Å². The second kappa shape index (κ2) is 7.20. The van der Waals surface area contributed by atoms with Crippen molar-refractivity contribution in [2.75, 3.05) is 0 Å². The van der Waals surface area contributed by atoms with Crippen LogP contribution in [0.15, 0.2) is 46.3 Å². The highest BCUT2D eigenvalue weighted by molar-refractivity contribution is 7.13. The van der Waals surface area contributed by atoms with Gasteiger partial charge in [0.2, 0.25) is 0 Å². The van der Waals surface area contributed by atoms with Gasteiger partial charge in [-0.15, -0.1) is 11.3 Å². The number of thiophene rings is 1. The minimum atomic E-state index is -0.163. The average Bonchev–Trinajstić information content (AvgIpc) is 3.31. The van der Waals surface area contributed by atoms with Crippen LogP contribution in [0.25, 0.3) is 21.7 Å². The zero-order chi connectivity index (χ0) is 19.8. The fourth-order valence-corrected chi connectivity index (χ4v) is 4.17. The number of aryl methyl sites for hydroxylation is 3. The molecule has 0 saturated heterocycles. The second-order valence-electron chi connectivity index (χ2n) is 7.04. The maximum atomic E-state index is 13.2. The van der Waals surface area contributed by atoms with E-state index in [1.807, 2.05) is 37.4 Å². The molecule has 6 heteroatoms. The summed E-state index contributed by atoms with van der Waals surface area (Å²) in [5.74, 6) is -0.163. The van der Waals surface area contributed by atoms with E-state index in [9.17, 15) is 4.79 Å². The maximum absolute atomic E-state index is 13.2. The molecule has 0 radical (unpaired) electrons. The Kier molecular flexibility index (Phi) is 4.73. The summed E-state index contributed by atoms with van der Waals surface area (Å²) in [4.78, 5) is 18.7. The molecule has 0 spiro atoms. The Labute approximate surface area is 167 Å². The van der Waals surface area contributed by atoms with Crippen molar-refractivity contribution in [1.82, 2.24) is 15.5 Å². The lowest BCUT2D eigenvalue weighted by molar-refractivity contribution is 0.0941. The molecule has 28 heavy (non-hydrogen) atoms. The van der Waals surface area contributed by atoms with Crippen molar-refractivity contribution in [2.45, 2.75) is 33.7 Å². The van der Waals surface area contributed by atoms with Crippen molar-refractivity contribution < 1.29 is 9.32 Å². The normalized spacial score (nSPS) is 12.3. The van der Waals surface area contributed by atoms with Crippen LogP contribution in [0, 0.1) is 20.8 Å². The van der Waals surface area contributed by atoms with Crippen LogP contribution in [0.3, 0.4) is 0 Å². The van der Waals surface area contributed by atoms with Crippen LogP contribution in [0.2, 0.25) is 0 Å². The van der Waals surface area contributed by atoms with E-state index >= 15 is 0 Å². The maximum Gasteiger partial charge on any atom is 0.259 e. The Morgan fingerprint density at radius 3 is 2.71 bits per heavy atom. The zero-order valence-electron chi connectivity index (χ0n) is 16.2. The number of aromatic nitrogens is 2. The van der Waals surface area contributed by atoms with Crippen LogP contribution in [0.1, 0.15) is 45.7 Å². The van der Waals surface area contributed by atoms with E-state index < -0.39 is 0 Å². The molecule has 0 unspecified atom stereocenters. The predicted molar refractivity (Wildman–Crippen MR) is 112 cm³/mol. The average molecular weight is 391 g/mol. The van der Waals surface area contributed by atoms with E-state index in [1.165, 1.54) is 5.56 Å². The van der Waals surface area contributed by atoms with Crippen molar-refractivity contribution in [3.8, 4) is 10.6 Å². The number of pyridine rings is 1. The van der Waals surface area contributed by atoms with Crippen LogP contribution in [-0.2, 0) is 0 Å². The number of carbonyl (C=O) groups excluding carboxylic acids is 1. The summed E-state index contributed by atoms with van der Waals surface area (Å²) in [5.41, 5.74) is 5.75. The number of nitrogens with zero attached hydrogens (tertiary/aromatic N) is 2. The van der Waals surface area contributed by atoms with Gasteiger partial charge in [0, 0.05) is 0 Å². The summed E-state index contributed by atoms with van der Waals surface area (Å²) in [6.07, 6.45) is 0. The van der Waals surface area contributed by atoms with Gasteiger partial charge in [0.25, 0.3) is 11.6 Å². The molecule has 4 aromatic rings. The third-order valence-corrected chi connectivity index (χ3v) is 5.77. The summed E-state index contributed by atoms with van der Waals surface area (Å²) in [6, 6.07) is 11.9. The van der Waals surface area contributed by atoms with Gasteiger partial charge in [-0.2, -0.15) is 0 Å². The number of hydrogen-bond donors (Lipinski definition) is 1. The van der Waals surface area contributed by atoms with Crippen molar-refractivity contribution in [3.63, 3.8) is 0 Å². The first kappa shape index (κ1) is 18.4. The van der Waals surface area contributed by atoms with Gasteiger partial charge in [-0.1, -0.05) is 35.0 Å². The molecule has 0 fully saturated rings. The van der Waals surface area contributed by atoms with Gasteiger partial charge in [-0.25, -0.2) is 4.98 Å². The Morgan fingerprint density at radius 2 is 2.00 bits per heavy atom. The second-order valence-corrected chi connectivity index (χ2v) is 7.98. The summed E-state index contributed by atoms with van der Waals surface area (Å²) < 4.78 is 5.36. The van der Waals surface area contributed by atoms with Crippen LogP contribution in [-0.4, -0.2) is 16.0 Å². The number of amides is 1. The molecule has 142 valence electrons. The molecule has 4 rings (SSSR count). The number of hydrogen-bond acceptors (Lipinski definition) is 5. The SMILES string of the molecule is Cc1ccc([C@H](C)NC(=O)c2cc(-c3cccs3)nc3onc(C)c23)c(C)c1. The van der Waals surface area contributed by atoms with E-state index in [-0.39, 0.29) is 11.9 Å². The van der Waals surface area contributed by atoms with Gasteiger partial charge in [-0.3, -0.25) is 4.79 Å². The molecular weight excluding hydrogens is 370 g/mol. The standard InChI is InChI=1S/C22H21N3O2S/c1-12-7-8-16(13(2)10-12)14(3)23-21(26)17-11-18(19-6-5-9-28-19)24-22-20(17)15(4)25-27-22/h5-11,14H,1-4H3,(H,23,26)/t14-/m0/s1. The Balaban J connectivity index is 1.73. The number of rotatable bonds is 4. The van der Waals surface area contributed by atoms with E-state index in [4.69, 9.17) is 4.52 Å². The minimum absolute atomic E-state index is 0.123. The summed E-state index contributed by atoms with van der Waals surface area (Å²) in [6.45, 7) is 7.94.